The molecule has 0 bridgehead atoms. The molecule has 126 valence electrons. The Morgan fingerprint density at radius 3 is 2.54 bits per heavy atom. The van der Waals surface area contributed by atoms with Gasteiger partial charge in [-0.2, -0.15) is 0 Å². The average Bonchev–Trinajstić information content (AvgIpc) is 2.61. The maximum atomic E-state index is 12.9. The van der Waals surface area contributed by atoms with Crippen LogP contribution in [-0.2, 0) is 11.3 Å². The summed E-state index contributed by atoms with van der Waals surface area (Å²) in [7, 11) is 1.64. The molecule has 1 heterocycles. The molecule has 0 radical (unpaired) electrons. The fourth-order valence-electron chi connectivity index (χ4n) is 3.23. The van der Waals surface area contributed by atoms with E-state index in [1.807, 2.05) is 42.2 Å². The van der Waals surface area contributed by atoms with Crippen molar-refractivity contribution in [3.05, 3.63) is 59.7 Å². The summed E-state index contributed by atoms with van der Waals surface area (Å²) in [6.45, 7) is 6.43. The molecule has 1 atom stereocenters. The highest BCUT2D eigenvalue weighted by Gasteiger charge is 2.33. The van der Waals surface area contributed by atoms with E-state index in [1.54, 1.807) is 7.11 Å². The summed E-state index contributed by atoms with van der Waals surface area (Å²) in [6.07, 6.45) is 0. The molecule has 0 N–H and O–H groups in total. The highest BCUT2D eigenvalue weighted by molar-refractivity contribution is 5.98. The summed E-state index contributed by atoms with van der Waals surface area (Å²) in [5, 5.41) is 0. The predicted octanol–water partition coefficient (Wildman–Crippen LogP) is 3.24. The van der Waals surface area contributed by atoms with Crippen LogP contribution in [0.3, 0.4) is 0 Å². The number of amides is 1. The minimum atomic E-state index is -0.150. The van der Waals surface area contributed by atoms with Crippen molar-refractivity contribution in [1.29, 1.82) is 0 Å². The molecule has 1 amide bonds. The van der Waals surface area contributed by atoms with Gasteiger partial charge in [0.05, 0.1) is 18.8 Å². The fourth-order valence-corrected chi connectivity index (χ4v) is 3.23. The highest BCUT2D eigenvalue weighted by atomic mass is 16.5. The number of piperazine rings is 1. The minimum absolute atomic E-state index is 0.124. The van der Waals surface area contributed by atoms with Crippen LogP contribution < -0.4 is 9.64 Å². The zero-order valence-electron chi connectivity index (χ0n) is 14.5. The maximum absolute atomic E-state index is 12.9. The second-order valence-corrected chi connectivity index (χ2v) is 6.23. The molecule has 24 heavy (non-hydrogen) atoms. The number of hydrogen-bond donors (Lipinski definition) is 0. The maximum Gasteiger partial charge on any atom is 0.244 e. The van der Waals surface area contributed by atoms with Crippen molar-refractivity contribution >= 4 is 11.6 Å². The van der Waals surface area contributed by atoms with Crippen molar-refractivity contribution in [2.75, 3.05) is 25.1 Å². The molecule has 1 fully saturated rings. The molecule has 1 aliphatic heterocycles. The van der Waals surface area contributed by atoms with Gasteiger partial charge in [0.25, 0.3) is 0 Å². The lowest BCUT2D eigenvalue weighted by atomic mass is 10.1. The SMILES string of the molecule is COc1ccccc1N1CCN(Cc2ccccc2C)[C@H](C)C1=O. The van der Waals surface area contributed by atoms with Gasteiger partial charge < -0.3 is 9.64 Å². The quantitative estimate of drug-likeness (QED) is 0.865. The average molecular weight is 324 g/mol. The summed E-state index contributed by atoms with van der Waals surface area (Å²) in [5.74, 6) is 0.865. The smallest absolute Gasteiger partial charge is 0.244 e. The number of rotatable bonds is 4. The lowest BCUT2D eigenvalue weighted by molar-refractivity contribution is -0.125. The largest absolute Gasteiger partial charge is 0.495 e. The standard InChI is InChI=1S/C20H24N2O2/c1-15-8-4-5-9-17(15)14-21-12-13-22(20(23)16(21)2)18-10-6-7-11-19(18)24-3/h4-11,16H,12-14H2,1-3H3/t16-/m1/s1. The summed E-state index contributed by atoms with van der Waals surface area (Å²) >= 11 is 0. The van der Waals surface area contributed by atoms with Gasteiger partial charge >= 0.3 is 0 Å². The van der Waals surface area contributed by atoms with E-state index in [9.17, 15) is 4.79 Å². The Labute approximate surface area is 143 Å². The van der Waals surface area contributed by atoms with E-state index in [-0.39, 0.29) is 11.9 Å². The molecule has 3 rings (SSSR count). The first-order valence-corrected chi connectivity index (χ1v) is 8.34. The van der Waals surface area contributed by atoms with E-state index in [2.05, 4.69) is 30.0 Å². The zero-order chi connectivity index (χ0) is 17.1. The van der Waals surface area contributed by atoms with Gasteiger partial charge in [-0.25, -0.2) is 0 Å². The molecular formula is C20H24N2O2. The number of anilines is 1. The lowest BCUT2D eigenvalue weighted by Gasteiger charge is -2.39. The Morgan fingerprint density at radius 1 is 1.08 bits per heavy atom. The van der Waals surface area contributed by atoms with Crippen LogP contribution in [0.25, 0.3) is 0 Å². The first kappa shape index (κ1) is 16.5. The van der Waals surface area contributed by atoms with E-state index < -0.39 is 0 Å². The van der Waals surface area contributed by atoms with Crippen molar-refractivity contribution in [3.8, 4) is 5.75 Å². The fraction of sp³-hybridized carbons (Fsp3) is 0.350. The van der Waals surface area contributed by atoms with Crippen LogP contribution in [0.2, 0.25) is 0 Å². The summed E-state index contributed by atoms with van der Waals surface area (Å²) in [5.41, 5.74) is 3.40. The second-order valence-electron chi connectivity index (χ2n) is 6.23. The Morgan fingerprint density at radius 2 is 1.79 bits per heavy atom. The Hall–Kier alpha value is -2.33. The first-order chi connectivity index (χ1) is 11.6. The monoisotopic (exact) mass is 324 g/mol. The van der Waals surface area contributed by atoms with Gasteiger partial charge in [-0.05, 0) is 37.1 Å². The number of benzene rings is 2. The van der Waals surface area contributed by atoms with Crippen LogP contribution >= 0.6 is 0 Å². The molecule has 0 aromatic heterocycles. The van der Waals surface area contributed by atoms with Crippen LogP contribution in [0.15, 0.2) is 48.5 Å². The highest BCUT2D eigenvalue weighted by Crippen LogP contribution is 2.30. The number of carbonyl (C=O) groups excluding carboxylic acids is 1. The second kappa shape index (κ2) is 7.05. The molecular weight excluding hydrogens is 300 g/mol. The number of hydrogen-bond acceptors (Lipinski definition) is 3. The Bertz CT molecular complexity index is 729. The van der Waals surface area contributed by atoms with Crippen LogP contribution in [0.1, 0.15) is 18.1 Å². The molecule has 0 aliphatic carbocycles. The summed E-state index contributed by atoms with van der Waals surface area (Å²) in [4.78, 5) is 17.0. The molecule has 0 saturated carbocycles. The molecule has 4 heteroatoms. The van der Waals surface area contributed by atoms with Crippen molar-refractivity contribution in [1.82, 2.24) is 4.90 Å². The molecule has 1 aliphatic rings. The van der Waals surface area contributed by atoms with Gasteiger partial charge in [0, 0.05) is 19.6 Å². The van der Waals surface area contributed by atoms with Gasteiger partial charge in [-0.1, -0.05) is 36.4 Å². The Balaban J connectivity index is 1.78. The molecule has 1 saturated heterocycles. The van der Waals surface area contributed by atoms with Crippen LogP contribution in [0.5, 0.6) is 5.75 Å². The normalized spacial score (nSPS) is 18.7. The third-order valence-corrected chi connectivity index (χ3v) is 4.79. The zero-order valence-corrected chi connectivity index (χ0v) is 14.5. The number of para-hydroxylation sites is 2. The van der Waals surface area contributed by atoms with Crippen molar-refractivity contribution in [2.45, 2.75) is 26.4 Å². The number of aryl methyl sites for hydroxylation is 1. The number of ether oxygens (including phenoxy) is 1. The van der Waals surface area contributed by atoms with Gasteiger partial charge in [-0.3, -0.25) is 9.69 Å². The lowest BCUT2D eigenvalue weighted by Crippen LogP contribution is -2.55. The van der Waals surface area contributed by atoms with E-state index in [0.717, 1.165) is 24.5 Å². The topological polar surface area (TPSA) is 32.8 Å². The molecule has 2 aromatic rings. The number of methoxy groups -OCH3 is 1. The number of carbonyl (C=O) groups is 1. The van der Waals surface area contributed by atoms with Crippen molar-refractivity contribution < 1.29 is 9.53 Å². The minimum Gasteiger partial charge on any atom is -0.495 e. The van der Waals surface area contributed by atoms with E-state index in [0.29, 0.717) is 6.54 Å². The van der Waals surface area contributed by atoms with Gasteiger partial charge in [0.15, 0.2) is 0 Å². The van der Waals surface area contributed by atoms with E-state index >= 15 is 0 Å². The van der Waals surface area contributed by atoms with Gasteiger partial charge in [0.2, 0.25) is 5.91 Å². The first-order valence-electron chi connectivity index (χ1n) is 8.34. The van der Waals surface area contributed by atoms with Gasteiger partial charge in [0.1, 0.15) is 5.75 Å². The summed E-state index contributed by atoms with van der Waals surface area (Å²) < 4.78 is 5.41. The molecule has 0 unspecified atom stereocenters. The van der Waals surface area contributed by atoms with Crippen LogP contribution in [0.4, 0.5) is 5.69 Å². The molecule has 0 spiro atoms. The molecule has 2 aromatic carbocycles. The predicted molar refractivity (Wildman–Crippen MR) is 96.4 cm³/mol. The van der Waals surface area contributed by atoms with Crippen molar-refractivity contribution in [3.63, 3.8) is 0 Å². The number of nitrogens with zero attached hydrogens (tertiary/aromatic N) is 2. The van der Waals surface area contributed by atoms with Gasteiger partial charge in [-0.15, -0.1) is 0 Å². The van der Waals surface area contributed by atoms with E-state index in [1.165, 1.54) is 11.1 Å². The van der Waals surface area contributed by atoms with Crippen LogP contribution in [-0.4, -0.2) is 37.0 Å². The third kappa shape index (κ3) is 3.15. The molecule has 4 nitrogen and oxygen atoms in total. The Kier molecular flexibility index (Phi) is 4.86. The van der Waals surface area contributed by atoms with Crippen molar-refractivity contribution in [2.24, 2.45) is 0 Å². The van der Waals surface area contributed by atoms with Crippen LogP contribution in [0, 0.1) is 6.92 Å². The van der Waals surface area contributed by atoms with E-state index in [4.69, 9.17) is 4.74 Å². The summed E-state index contributed by atoms with van der Waals surface area (Å²) in [6, 6.07) is 15.9. The third-order valence-electron chi connectivity index (χ3n) is 4.79.